The second-order valence-corrected chi connectivity index (χ2v) is 6.05. The summed E-state index contributed by atoms with van der Waals surface area (Å²) in [6, 6.07) is 8.94. The van der Waals surface area contributed by atoms with Crippen molar-refractivity contribution < 1.29 is 0 Å². The number of hydrogen-bond donors (Lipinski definition) is 1. The minimum absolute atomic E-state index is 0.670. The van der Waals surface area contributed by atoms with Gasteiger partial charge in [0, 0.05) is 28.9 Å². The van der Waals surface area contributed by atoms with Gasteiger partial charge < -0.3 is 5.32 Å². The third-order valence-electron chi connectivity index (χ3n) is 4.03. The number of benzene rings is 1. The summed E-state index contributed by atoms with van der Waals surface area (Å²) in [4.78, 5) is 0. The van der Waals surface area contributed by atoms with Gasteiger partial charge in [0.15, 0.2) is 0 Å². The number of rotatable bonds is 6. The monoisotopic (exact) mass is 303 g/mol. The zero-order chi connectivity index (χ0) is 14.8. The van der Waals surface area contributed by atoms with E-state index in [2.05, 4.69) is 36.0 Å². The van der Waals surface area contributed by atoms with Gasteiger partial charge in [-0.05, 0) is 43.9 Å². The molecule has 1 aliphatic rings. The molecular weight excluding hydrogens is 282 g/mol. The van der Waals surface area contributed by atoms with E-state index >= 15 is 0 Å². The van der Waals surface area contributed by atoms with Gasteiger partial charge in [0.1, 0.15) is 0 Å². The van der Waals surface area contributed by atoms with E-state index < -0.39 is 0 Å². The predicted molar refractivity (Wildman–Crippen MR) is 87.2 cm³/mol. The second kappa shape index (κ2) is 6.20. The van der Waals surface area contributed by atoms with Crippen LogP contribution in [-0.4, -0.2) is 15.8 Å². The molecule has 0 radical (unpaired) electrons. The van der Waals surface area contributed by atoms with Gasteiger partial charge >= 0.3 is 0 Å². The maximum atomic E-state index is 6.44. The van der Waals surface area contributed by atoms with Crippen molar-refractivity contribution in [3.63, 3.8) is 0 Å². The van der Waals surface area contributed by atoms with Crippen molar-refractivity contribution in [3.8, 4) is 5.69 Å². The SMILES string of the molecule is CCc1cc(CC)n(-c2cccc(Cl)c2CNC2CC2)n1. The fraction of sp³-hybridized carbons (Fsp3) is 0.471. The van der Waals surface area contributed by atoms with Gasteiger partial charge in [-0.3, -0.25) is 0 Å². The molecule has 0 atom stereocenters. The van der Waals surface area contributed by atoms with Crippen LogP contribution < -0.4 is 5.32 Å². The Bertz CT molecular complexity index is 629. The Morgan fingerprint density at radius 3 is 2.76 bits per heavy atom. The number of nitrogens with zero attached hydrogens (tertiary/aromatic N) is 2. The normalized spacial score (nSPS) is 14.6. The van der Waals surface area contributed by atoms with Gasteiger partial charge in [0.05, 0.1) is 11.4 Å². The summed E-state index contributed by atoms with van der Waals surface area (Å²) in [6.45, 7) is 5.11. The van der Waals surface area contributed by atoms with Crippen molar-refractivity contribution in [1.29, 1.82) is 0 Å². The third-order valence-corrected chi connectivity index (χ3v) is 4.38. The maximum Gasteiger partial charge on any atom is 0.0708 e. The molecule has 3 rings (SSSR count). The van der Waals surface area contributed by atoms with Crippen molar-refractivity contribution in [1.82, 2.24) is 15.1 Å². The van der Waals surface area contributed by atoms with Crippen LogP contribution in [0.5, 0.6) is 0 Å². The van der Waals surface area contributed by atoms with Crippen LogP contribution in [0.4, 0.5) is 0 Å². The van der Waals surface area contributed by atoms with Gasteiger partial charge in [-0.2, -0.15) is 5.10 Å². The first-order chi connectivity index (χ1) is 10.2. The molecule has 4 heteroatoms. The molecule has 21 heavy (non-hydrogen) atoms. The molecule has 1 aromatic heterocycles. The van der Waals surface area contributed by atoms with E-state index in [-0.39, 0.29) is 0 Å². The molecule has 1 aromatic carbocycles. The fourth-order valence-electron chi connectivity index (χ4n) is 2.56. The Morgan fingerprint density at radius 1 is 1.29 bits per heavy atom. The quantitative estimate of drug-likeness (QED) is 0.877. The molecule has 2 aromatic rings. The van der Waals surface area contributed by atoms with Gasteiger partial charge in [0.25, 0.3) is 0 Å². The van der Waals surface area contributed by atoms with Crippen LogP contribution in [0.25, 0.3) is 5.69 Å². The summed E-state index contributed by atoms with van der Waals surface area (Å²) in [7, 11) is 0. The van der Waals surface area contributed by atoms with Crippen LogP contribution >= 0.6 is 11.6 Å². The van der Waals surface area contributed by atoms with E-state index in [1.165, 1.54) is 18.5 Å². The minimum atomic E-state index is 0.670. The summed E-state index contributed by atoms with van der Waals surface area (Å²) in [5.41, 5.74) is 4.62. The average Bonchev–Trinajstić information content (AvgIpc) is 3.23. The number of aromatic nitrogens is 2. The molecule has 0 spiro atoms. The van der Waals surface area contributed by atoms with E-state index in [0.29, 0.717) is 6.04 Å². The molecule has 0 amide bonds. The second-order valence-electron chi connectivity index (χ2n) is 5.64. The van der Waals surface area contributed by atoms with Crippen LogP contribution in [0, 0.1) is 0 Å². The van der Waals surface area contributed by atoms with Crippen molar-refractivity contribution >= 4 is 11.6 Å². The summed E-state index contributed by atoms with van der Waals surface area (Å²) in [6.07, 6.45) is 4.48. The standard InChI is InChI=1S/C17H22ClN3/c1-3-12-10-14(4-2)21(20-12)17-7-5-6-16(18)15(17)11-19-13-8-9-13/h5-7,10,13,19H,3-4,8-9,11H2,1-2H3. The summed E-state index contributed by atoms with van der Waals surface area (Å²) in [5, 5.41) is 9.12. The zero-order valence-corrected chi connectivity index (χ0v) is 13.5. The Labute approximate surface area is 131 Å². The van der Waals surface area contributed by atoms with Gasteiger partial charge in [0.2, 0.25) is 0 Å². The van der Waals surface area contributed by atoms with Crippen LogP contribution in [0.15, 0.2) is 24.3 Å². The number of aryl methyl sites for hydroxylation is 2. The highest BCUT2D eigenvalue weighted by atomic mass is 35.5. The molecular formula is C17H22ClN3. The van der Waals surface area contributed by atoms with E-state index in [0.717, 1.165) is 41.4 Å². The Morgan fingerprint density at radius 2 is 2.10 bits per heavy atom. The number of nitrogens with one attached hydrogen (secondary N) is 1. The topological polar surface area (TPSA) is 29.9 Å². The van der Waals surface area contributed by atoms with Crippen molar-refractivity contribution in [2.45, 2.75) is 52.1 Å². The van der Waals surface area contributed by atoms with Gasteiger partial charge in [-0.15, -0.1) is 0 Å². The molecule has 1 saturated carbocycles. The molecule has 1 fully saturated rings. The van der Waals surface area contributed by atoms with E-state index in [1.807, 2.05) is 12.1 Å². The summed E-state index contributed by atoms with van der Waals surface area (Å²) < 4.78 is 2.06. The molecule has 1 heterocycles. The molecule has 1 N–H and O–H groups in total. The molecule has 0 unspecified atom stereocenters. The molecule has 0 saturated heterocycles. The Hall–Kier alpha value is -1.32. The van der Waals surface area contributed by atoms with Gasteiger partial charge in [-0.1, -0.05) is 31.5 Å². The highest BCUT2D eigenvalue weighted by molar-refractivity contribution is 6.31. The van der Waals surface area contributed by atoms with Crippen LogP contribution in [0.3, 0.4) is 0 Å². The highest BCUT2D eigenvalue weighted by Gasteiger charge is 2.22. The Kier molecular flexibility index (Phi) is 4.32. The summed E-state index contributed by atoms with van der Waals surface area (Å²) >= 11 is 6.44. The fourth-order valence-corrected chi connectivity index (χ4v) is 2.80. The van der Waals surface area contributed by atoms with Crippen LogP contribution in [-0.2, 0) is 19.4 Å². The average molecular weight is 304 g/mol. The number of halogens is 1. The molecule has 0 bridgehead atoms. The Balaban J connectivity index is 1.99. The van der Waals surface area contributed by atoms with E-state index in [4.69, 9.17) is 16.7 Å². The highest BCUT2D eigenvalue weighted by Crippen LogP contribution is 2.27. The first kappa shape index (κ1) is 14.6. The smallest absolute Gasteiger partial charge is 0.0708 e. The van der Waals surface area contributed by atoms with Crippen LogP contribution in [0.1, 0.15) is 43.6 Å². The maximum absolute atomic E-state index is 6.44. The lowest BCUT2D eigenvalue weighted by Crippen LogP contribution is -2.18. The lowest BCUT2D eigenvalue weighted by atomic mass is 10.1. The zero-order valence-electron chi connectivity index (χ0n) is 12.7. The molecule has 0 aliphatic heterocycles. The van der Waals surface area contributed by atoms with Gasteiger partial charge in [-0.25, -0.2) is 4.68 Å². The minimum Gasteiger partial charge on any atom is -0.310 e. The van der Waals surface area contributed by atoms with Crippen molar-refractivity contribution in [2.75, 3.05) is 0 Å². The first-order valence-corrected chi connectivity index (χ1v) is 8.19. The van der Waals surface area contributed by atoms with Crippen molar-refractivity contribution in [3.05, 3.63) is 46.2 Å². The molecule has 112 valence electrons. The van der Waals surface area contributed by atoms with E-state index in [9.17, 15) is 0 Å². The first-order valence-electron chi connectivity index (χ1n) is 7.81. The lowest BCUT2D eigenvalue weighted by Gasteiger charge is -2.14. The van der Waals surface area contributed by atoms with E-state index in [1.54, 1.807) is 0 Å². The molecule has 1 aliphatic carbocycles. The largest absolute Gasteiger partial charge is 0.310 e. The predicted octanol–water partition coefficient (Wildman–Crippen LogP) is 3.90. The molecule has 3 nitrogen and oxygen atoms in total. The summed E-state index contributed by atoms with van der Waals surface area (Å²) in [5.74, 6) is 0. The van der Waals surface area contributed by atoms with Crippen LogP contribution in [0.2, 0.25) is 5.02 Å². The van der Waals surface area contributed by atoms with Crippen molar-refractivity contribution in [2.24, 2.45) is 0 Å². The lowest BCUT2D eigenvalue weighted by molar-refractivity contribution is 0.677. The third kappa shape index (κ3) is 3.14. The number of hydrogen-bond acceptors (Lipinski definition) is 2.